The fourth-order valence-electron chi connectivity index (χ4n) is 4.36. The zero-order chi connectivity index (χ0) is 27.4. The molecule has 2 aliphatic rings. The molecule has 2 amide bonds. The monoisotopic (exact) mass is 549 g/mol. The van der Waals surface area contributed by atoms with Crippen LogP contribution in [-0.2, 0) is 10.2 Å². The summed E-state index contributed by atoms with van der Waals surface area (Å²) in [5, 5.41) is 31.1. The SMILES string of the molecule is CCC(NC(=O)CNC(=O)c1cc(O)cc(NC2=NCC(O)CN2)c1)c1cc(Cl)cc(C2(C(F)F)CC2)c1. The van der Waals surface area contributed by atoms with Crippen LogP contribution in [-0.4, -0.2) is 60.2 Å². The highest BCUT2D eigenvalue weighted by Gasteiger charge is 2.52. The van der Waals surface area contributed by atoms with Crippen LogP contribution in [0.3, 0.4) is 0 Å². The van der Waals surface area contributed by atoms with Crippen LogP contribution >= 0.6 is 11.6 Å². The van der Waals surface area contributed by atoms with Crippen LogP contribution in [0.5, 0.6) is 5.75 Å². The smallest absolute Gasteiger partial charge is 0.251 e. The first kappa shape index (κ1) is 27.6. The Morgan fingerprint density at radius 1 is 1.21 bits per heavy atom. The number of aliphatic hydroxyl groups excluding tert-OH is 1. The second-order valence-electron chi connectivity index (χ2n) is 9.56. The number of guanidine groups is 1. The van der Waals surface area contributed by atoms with Crippen molar-refractivity contribution in [2.75, 3.05) is 25.0 Å². The van der Waals surface area contributed by atoms with Gasteiger partial charge in [0.15, 0.2) is 5.96 Å². The Balaban J connectivity index is 1.37. The van der Waals surface area contributed by atoms with Crippen LogP contribution in [0.4, 0.5) is 14.5 Å². The summed E-state index contributed by atoms with van der Waals surface area (Å²) in [7, 11) is 0. The van der Waals surface area contributed by atoms with Crippen LogP contribution in [0.15, 0.2) is 41.4 Å². The molecule has 0 aromatic heterocycles. The number of amides is 2. The molecule has 38 heavy (non-hydrogen) atoms. The van der Waals surface area contributed by atoms with Crippen LogP contribution in [0.2, 0.25) is 5.02 Å². The summed E-state index contributed by atoms with van der Waals surface area (Å²) in [5.74, 6) is -0.832. The Bertz CT molecular complexity index is 1240. The standard InChI is InChI=1S/C26H30ClF2N5O4/c1-2-21(14-5-16(9-17(27)6-14)26(3-4-26)24(28)29)34-22(37)13-30-23(38)15-7-18(10-19(35)8-15)33-25-31-11-20(36)12-32-25/h5-10,20-21,24,35-36H,2-4,11-13H2,1H3,(H,30,38)(H,34,37)(H2,31,32,33). The molecule has 0 bridgehead atoms. The highest BCUT2D eigenvalue weighted by molar-refractivity contribution is 6.30. The third kappa shape index (κ3) is 6.51. The molecule has 1 aliphatic heterocycles. The van der Waals surface area contributed by atoms with E-state index in [-0.39, 0.29) is 24.4 Å². The fourth-order valence-corrected chi connectivity index (χ4v) is 4.61. The molecular formula is C26H30ClF2N5O4. The molecule has 2 aromatic carbocycles. The predicted molar refractivity (Wildman–Crippen MR) is 140 cm³/mol. The van der Waals surface area contributed by atoms with Gasteiger partial charge in [0.2, 0.25) is 12.3 Å². The van der Waals surface area contributed by atoms with Crippen LogP contribution < -0.4 is 21.3 Å². The van der Waals surface area contributed by atoms with Gasteiger partial charge in [0.1, 0.15) is 5.75 Å². The number of carbonyl (C=O) groups is 2. The van der Waals surface area contributed by atoms with Crippen molar-refractivity contribution in [3.05, 3.63) is 58.1 Å². The molecule has 1 saturated carbocycles. The van der Waals surface area contributed by atoms with Gasteiger partial charge >= 0.3 is 0 Å². The zero-order valence-corrected chi connectivity index (χ0v) is 21.5. The van der Waals surface area contributed by atoms with Gasteiger partial charge in [-0.15, -0.1) is 0 Å². The summed E-state index contributed by atoms with van der Waals surface area (Å²) in [4.78, 5) is 29.5. The minimum Gasteiger partial charge on any atom is -0.508 e. The van der Waals surface area contributed by atoms with Gasteiger partial charge in [-0.3, -0.25) is 14.6 Å². The van der Waals surface area contributed by atoms with Crippen LogP contribution in [0.25, 0.3) is 0 Å². The normalized spacial score (nSPS) is 18.7. The largest absolute Gasteiger partial charge is 0.508 e. The number of aromatic hydroxyl groups is 1. The zero-order valence-electron chi connectivity index (χ0n) is 20.7. The molecular weight excluding hydrogens is 520 g/mol. The number of hydrogen-bond acceptors (Lipinski definition) is 7. The second-order valence-corrected chi connectivity index (χ2v) is 10.00. The van der Waals surface area contributed by atoms with Crippen molar-refractivity contribution >= 4 is 35.1 Å². The minimum atomic E-state index is -2.49. The molecule has 6 N–H and O–H groups in total. The number of nitrogens with one attached hydrogen (secondary N) is 4. The van der Waals surface area contributed by atoms with E-state index in [0.29, 0.717) is 53.6 Å². The summed E-state index contributed by atoms with van der Waals surface area (Å²) in [5.41, 5.74) is 0.422. The molecule has 9 nitrogen and oxygen atoms in total. The van der Waals surface area contributed by atoms with Gasteiger partial charge in [-0.25, -0.2) is 8.78 Å². The van der Waals surface area contributed by atoms with Crippen LogP contribution in [0.1, 0.15) is 53.7 Å². The van der Waals surface area contributed by atoms with Gasteiger partial charge in [-0.2, -0.15) is 0 Å². The highest BCUT2D eigenvalue weighted by Crippen LogP contribution is 2.53. The van der Waals surface area contributed by atoms with Crippen molar-refractivity contribution in [1.29, 1.82) is 0 Å². The van der Waals surface area contributed by atoms with E-state index in [2.05, 4.69) is 26.3 Å². The maximum absolute atomic E-state index is 13.6. The number of aliphatic hydroxyl groups is 1. The lowest BCUT2D eigenvalue weighted by molar-refractivity contribution is -0.120. The fraction of sp³-hybridized carbons (Fsp3) is 0.423. The molecule has 2 unspecified atom stereocenters. The number of benzene rings is 2. The van der Waals surface area contributed by atoms with Crippen molar-refractivity contribution < 1.29 is 28.6 Å². The van der Waals surface area contributed by atoms with E-state index in [0.717, 1.165) is 0 Å². The Morgan fingerprint density at radius 3 is 2.61 bits per heavy atom. The first-order valence-electron chi connectivity index (χ1n) is 12.3. The van der Waals surface area contributed by atoms with Crippen molar-refractivity contribution in [2.45, 2.75) is 50.2 Å². The van der Waals surface area contributed by atoms with Crippen molar-refractivity contribution in [1.82, 2.24) is 16.0 Å². The van der Waals surface area contributed by atoms with Gasteiger partial charge in [0.05, 0.1) is 30.7 Å². The lowest BCUT2D eigenvalue weighted by Gasteiger charge is -2.22. The number of aliphatic imine (C=N–C) groups is 1. The predicted octanol–water partition coefficient (Wildman–Crippen LogP) is 3.07. The van der Waals surface area contributed by atoms with Gasteiger partial charge in [-0.1, -0.05) is 24.6 Å². The molecule has 2 atom stereocenters. The van der Waals surface area contributed by atoms with Gasteiger partial charge in [0.25, 0.3) is 5.91 Å². The number of anilines is 1. The minimum absolute atomic E-state index is 0.116. The number of carbonyl (C=O) groups excluding carboxylic acids is 2. The molecule has 0 saturated heterocycles. The van der Waals surface area contributed by atoms with E-state index in [1.54, 1.807) is 18.2 Å². The quantitative estimate of drug-likeness (QED) is 0.285. The third-order valence-corrected chi connectivity index (χ3v) is 6.88. The first-order valence-corrected chi connectivity index (χ1v) is 12.7. The Morgan fingerprint density at radius 2 is 1.97 bits per heavy atom. The lowest BCUT2D eigenvalue weighted by Crippen LogP contribution is -2.42. The molecule has 204 valence electrons. The number of β-amino-alcohol motifs (C(OH)–C–C–N with tert-alkyl or cyclic N) is 1. The Hall–Kier alpha value is -3.44. The van der Waals surface area contributed by atoms with Crippen molar-refractivity contribution in [3.63, 3.8) is 0 Å². The summed E-state index contributed by atoms with van der Waals surface area (Å²) in [6.45, 7) is 2.04. The summed E-state index contributed by atoms with van der Waals surface area (Å²) in [6, 6.07) is 8.54. The maximum Gasteiger partial charge on any atom is 0.251 e. The number of phenolic OH excluding ortho intramolecular Hbond substituents is 1. The van der Waals surface area contributed by atoms with E-state index in [4.69, 9.17) is 11.6 Å². The molecule has 2 aromatic rings. The van der Waals surface area contributed by atoms with E-state index in [1.165, 1.54) is 18.2 Å². The Labute approximate surface area is 223 Å². The molecule has 1 fully saturated rings. The second kappa shape index (κ2) is 11.5. The molecule has 0 radical (unpaired) electrons. The first-order chi connectivity index (χ1) is 18.1. The van der Waals surface area contributed by atoms with Gasteiger partial charge in [-0.05, 0) is 54.7 Å². The van der Waals surface area contributed by atoms with Gasteiger partial charge in [0, 0.05) is 28.9 Å². The van der Waals surface area contributed by atoms with E-state index in [9.17, 15) is 28.6 Å². The molecule has 12 heteroatoms. The van der Waals surface area contributed by atoms with Crippen molar-refractivity contribution in [3.8, 4) is 5.75 Å². The number of phenols is 1. The third-order valence-electron chi connectivity index (χ3n) is 6.66. The molecule has 1 heterocycles. The number of rotatable bonds is 9. The van der Waals surface area contributed by atoms with E-state index in [1.807, 2.05) is 6.92 Å². The van der Waals surface area contributed by atoms with E-state index >= 15 is 0 Å². The average Bonchev–Trinajstić information content (AvgIpc) is 3.69. The molecule has 0 spiro atoms. The number of halogens is 3. The van der Waals surface area contributed by atoms with Crippen LogP contribution in [0, 0.1) is 0 Å². The Kier molecular flexibility index (Phi) is 8.37. The van der Waals surface area contributed by atoms with Crippen molar-refractivity contribution in [2.24, 2.45) is 4.99 Å². The highest BCUT2D eigenvalue weighted by atomic mass is 35.5. The number of alkyl halides is 2. The summed E-state index contributed by atoms with van der Waals surface area (Å²) < 4.78 is 27.2. The number of nitrogens with zero attached hydrogens (tertiary/aromatic N) is 1. The molecule has 4 rings (SSSR count). The molecule has 1 aliphatic carbocycles. The lowest BCUT2D eigenvalue weighted by atomic mass is 9.92. The summed E-state index contributed by atoms with van der Waals surface area (Å²) >= 11 is 6.23. The number of hydrogen-bond donors (Lipinski definition) is 6. The summed E-state index contributed by atoms with van der Waals surface area (Å²) in [6.07, 6.45) is -1.82. The maximum atomic E-state index is 13.6. The topological polar surface area (TPSA) is 135 Å². The van der Waals surface area contributed by atoms with E-state index < -0.39 is 35.8 Å². The van der Waals surface area contributed by atoms with Gasteiger partial charge < -0.3 is 31.5 Å². The average molecular weight is 550 g/mol.